The van der Waals surface area contributed by atoms with E-state index >= 15 is 0 Å². The zero-order valence-corrected chi connectivity index (χ0v) is 21.1. The van der Waals surface area contributed by atoms with Gasteiger partial charge < -0.3 is 20.1 Å². The van der Waals surface area contributed by atoms with E-state index in [0.717, 1.165) is 54.5 Å². The zero-order chi connectivity index (χ0) is 24.6. The molecule has 1 heterocycles. The van der Waals surface area contributed by atoms with Crippen LogP contribution in [0.25, 0.3) is 0 Å². The van der Waals surface area contributed by atoms with Crippen molar-refractivity contribution in [2.45, 2.75) is 45.1 Å². The van der Waals surface area contributed by atoms with Crippen molar-refractivity contribution in [2.75, 3.05) is 25.6 Å². The molecule has 0 saturated heterocycles. The molecule has 2 aromatic carbocycles. The molecular weight excluding hydrogens is 460 g/mol. The molecular formula is C28H32N2O4S. The number of methoxy groups -OCH3 is 1. The fraction of sp³-hybridized carbons (Fsp3) is 0.357. The molecule has 1 aliphatic carbocycles. The Morgan fingerprint density at radius 1 is 1.03 bits per heavy atom. The number of thiophene rings is 1. The van der Waals surface area contributed by atoms with Crippen LogP contribution in [0.3, 0.4) is 0 Å². The third-order valence-electron chi connectivity index (χ3n) is 6.20. The molecule has 4 rings (SSSR count). The second-order valence-electron chi connectivity index (χ2n) is 8.52. The van der Waals surface area contributed by atoms with Gasteiger partial charge in [-0.25, -0.2) is 4.79 Å². The Hall–Kier alpha value is -3.16. The molecule has 0 radical (unpaired) electrons. The predicted molar refractivity (Wildman–Crippen MR) is 139 cm³/mol. The number of carbonyl (C=O) groups excluding carboxylic acids is 2. The highest BCUT2D eigenvalue weighted by molar-refractivity contribution is 7.17. The van der Waals surface area contributed by atoms with E-state index in [4.69, 9.17) is 9.47 Å². The number of rotatable bonds is 10. The predicted octanol–water partition coefficient (Wildman–Crippen LogP) is 5.32. The van der Waals surface area contributed by atoms with Gasteiger partial charge in [-0.2, -0.15) is 0 Å². The Kier molecular flexibility index (Phi) is 8.55. The SMILES string of the molecule is CCOC(=O)c1c(NC(=O)[C@@H](NCCc2ccc(OC)cc2)c2ccccc2)sc2c1CCCC2. The van der Waals surface area contributed by atoms with E-state index in [2.05, 4.69) is 10.6 Å². The van der Waals surface area contributed by atoms with Gasteiger partial charge >= 0.3 is 5.97 Å². The smallest absolute Gasteiger partial charge is 0.341 e. The number of ether oxygens (including phenoxy) is 2. The van der Waals surface area contributed by atoms with Crippen LogP contribution in [0.2, 0.25) is 0 Å². The minimum atomic E-state index is -0.552. The average Bonchev–Trinajstić information content (AvgIpc) is 3.25. The number of anilines is 1. The van der Waals surface area contributed by atoms with Crippen molar-refractivity contribution in [1.82, 2.24) is 5.32 Å². The van der Waals surface area contributed by atoms with Crippen LogP contribution in [-0.2, 0) is 28.8 Å². The highest BCUT2D eigenvalue weighted by atomic mass is 32.1. The molecule has 1 amide bonds. The third-order valence-corrected chi connectivity index (χ3v) is 7.41. The van der Waals surface area contributed by atoms with E-state index in [1.165, 1.54) is 16.2 Å². The quantitative estimate of drug-likeness (QED) is 0.375. The van der Waals surface area contributed by atoms with Gasteiger partial charge in [0.2, 0.25) is 5.91 Å². The molecule has 0 saturated carbocycles. The molecule has 7 heteroatoms. The van der Waals surface area contributed by atoms with Crippen LogP contribution in [0.5, 0.6) is 5.75 Å². The number of esters is 1. The number of amides is 1. The molecule has 0 fully saturated rings. The number of hydrogen-bond donors (Lipinski definition) is 2. The lowest BCUT2D eigenvalue weighted by atomic mass is 9.95. The van der Waals surface area contributed by atoms with Crippen molar-refractivity contribution in [1.29, 1.82) is 0 Å². The maximum absolute atomic E-state index is 13.5. The first kappa shape index (κ1) is 24.9. The minimum absolute atomic E-state index is 0.185. The highest BCUT2D eigenvalue weighted by Gasteiger charge is 2.29. The van der Waals surface area contributed by atoms with Gasteiger partial charge in [0.1, 0.15) is 16.8 Å². The molecule has 6 nitrogen and oxygen atoms in total. The summed E-state index contributed by atoms with van der Waals surface area (Å²) in [5.74, 6) is 0.278. The first-order valence-electron chi connectivity index (χ1n) is 12.1. The molecule has 0 unspecified atom stereocenters. The van der Waals surface area contributed by atoms with Crippen LogP contribution >= 0.6 is 11.3 Å². The molecule has 0 bridgehead atoms. The fourth-order valence-corrected chi connectivity index (χ4v) is 5.70. The van der Waals surface area contributed by atoms with Gasteiger partial charge in [-0.3, -0.25) is 4.79 Å². The van der Waals surface area contributed by atoms with Gasteiger partial charge in [0.15, 0.2) is 0 Å². The molecule has 2 N–H and O–H groups in total. The van der Waals surface area contributed by atoms with Crippen molar-refractivity contribution in [3.8, 4) is 5.75 Å². The standard InChI is InChI=1S/C28H32N2O4S/c1-3-34-28(32)24-22-11-7-8-12-23(22)35-27(24)30-26(31)25(20-9-5-4-6-10-20)29-18-17-19-13-15-21(33-2)16-14-19/h4-6,9-10,13-16,25,29H,3,7-8,11-12,17-18H2,1-2H3,(H,30,31)/t25-/m0/s1. The number of aryl methyl sites for hydroxylation is 1. The second-order valence-corrected chi connectivity index (χ2v) is 9.63. The van der Waals surface area contributed by atoms with E-state index in [1.54, 1.807) is 14.0 Å². The van der Waals surface area contributed by atoms with Crippen molar-refractivity contribution in [3.05, 3.63) is 81.7 Å². The largest absolute Gasteiger partial charge is 0.497 e. The molecule has 0 spiro atoms. The van der Waals surface area contributed by atoms with Crippen LogP contribution in [0.15, 0.2) is 54.6 Å². The molecule has 3 aromatic rings. The first-order chi connectivity index (χ1) is 17.1. The molecule has 1 atom stereocenters. The lowest BCUT2D eigenvalue weighted by Gasteiger charge is -2.19. The summed E-state index contributed by atoms with van der Waals surface area (Å²) in [6.07, 6.45) is 4.69. The molecule has 1 aromatic heterocycles. The number of hydrogen-bond acceptors (Lipinski definition) is 6. The maximum Gasteiger partial charge on any atom is 0.341 e. The van der Waals surface area contributed by atoms with Gasteiger partial charge in [-0.05, 0) is 67.9 Å². The maximum atomic E-state index is 13.5. The fourth-order valence-electron chi connectivity index (χ4n) is 4.42. The zero-order valence-electron chi connectivity index (χ0n) is 20.3. The Labute approximate surface area is 210 Å². The number of benzene rings is 2. The lowest BCUT2D eigenvalue weighted by Crippen LogP contribution is -2.34. The Bertz CT molecular complexity index is 1140. The van der Waals surface area contributed by atoms with Crippen LogP contribution in [0.1, 0.15) is 57.7 Å². The Morgan fingerprint density at radius 3 is 2.49 bits per heavy atom. The van der Waals surface area contributed by atoms with E-state index in [-0.39, 0.29) is 11.9 Å². The van der Waals surface area contributed by atoms with Crippen LogP contribution in [0, 0.1) is 0 Å². The van der Waals surface area contributed by atoms with E-state index in [0.29, 0.717) is 23.7 Å². The van der Waals surface area contributed by atoms with Crippen molar-refractivity contribution in [2.24, 2.45) is 0 Å². The van der Waals surface area contributed by atoms with Gasteiger partial charge in [0.05, 0.1) is 19.3 Å². The van der Waals surface area contributed by atoms with Crippen molar-refractivity contribution in [3.63, 3.8) is 0 Å². The summed E-state index contributed by atoms with van der Waals surface area (Å²) in [5, 5.41) is 7.08. The summed E-state index contributed by atoms with van der Waals surface area (Å²) in [6.45, 7) is 2.72. The van der Waals surface area contributed by atoms with Crippen molar-refractivity contribution < 1.29 is 19.1 Å². The van der Waals surface area contributed by atoms with Gasteiger partial charge in [0.25, 0.3) is 0 Å². The summed E-state index contributed by atoms with van der Waals surface area (Å²) < 4.78 is 10.6. The first-order valence-corrected chi connectivity index (χ1v) is 13.0. The molecule has 0 aliphatic heterocycles. The minimum Gasteiger partial charge on any atom is -0.497 e. The summed E-state index contributed by atoms with van der Waals surface area (Å²) in [5.41, 5.74) is 3.60. The second kappa shape index (κ2) is 12.0. The molecule has 184 valence electrons. The van der Waals surface area contributed by atoms with Gasteiger partial charge in [-0.1, -0.05) is 42.5 Å². The molecule has 1 aliphatic rings. The van der Waals surface area contributed by atoms with Gasteiger partial charge in [0, 0.05) is 11.4 Å². The van der Waals surface area contributed by atoms with Crippen LogP contribution in [0.4, 0.5) is 5.00 Å². The van der Waals surface area contributed by atoms with E-state index in [9.17, 15) is 9.59 Å². The summed E-state index contributed by atoms with van der Waals surface area (Å²) in [6, 6.07) is 17.0. The Balaban J connectivity index is 1.52. The number of fused-ring (bicyclic) bond motifs is 1. The number of carbonyl (C=O) groups is 2. The van der Waals surface area contributed by atoms with E-state index < -0.39 is 6.04 Å². The average molecular weight is 493 g/mol. The summed E-state index contributed by atoms with van der Waals surface area (Å²) in [4.78, 5) is 27.5. The topological polar surface area (TPSA) is 76.7 Å². The summed E-state index contributed by atoms with van der Waals surface area (Å²) >= 11 is 1.51. The van der Waals surface area contributed by atoms with Crippen molar-refractivity contribution >= 4 is 28.2 Å². The molecule has 35 heavy (non-hydrogen) atoms. The van der Waals surface area contributed by atoms with Gasteiger partial charge in [-0.15, -0.1) is 11.3 Å². The monoisotopic (exact) mass is 492 g/mol. The van der Waals surface area contributed by atoms with E-state index in [1.807, 2.05) is 54.6 Å². The Morgan fingerprint density at radius 2 is 1.77 bits per heavy atom. The normalized spacial score (nSPS) is 13.5. The van der Waals surface area contributed by atoms with Crippen LogP contribution in [-0.4, -0.2) is 32.1 Å². The third kappa shape index (κ3) is 6.10. The lowest BCUT2D eigenvalue weighted by molar-refractivity contribution is -0.118. The van der Waals surface area contributed by atoms with Crippen LogP contribution < -0.4 is 15.4 Å². The number of nitrogens with one attached hydrogen (secondary N) is 2. The summed E-state index contributed by atoms with van der Waals surface area (Å²) in [7, 11) is 1.65. The highest BCUT2D eigenvalue weighted by Crippen LogP contribution is 2.39.